The largest absolute Gasteiger partial charge is 0.541 e. The molecule has 0 radical (unpaired) electrons. The van der Waals surface area contributed by atoms with Crippen molar-refractivity contribution >= 4 is 42.0 Å². The molecule has 0 saturated carbocycles. The van der Waals surface area contributed by atoms with E-state index in [1.165, 1.54) is 12.1 Å². The number of benzene rings is 2. The highest BCUT2D eigenvalue weighted by Crippen LogP contribution is 2.51. The number of aromatic hydroxyl groups is 1. The van der Waals surface area contributed by atoms with Crippen LogP contribution in [0.5, 0.6) is 17.4 Å². The van der Waals surface area contributed by atoms with Crippen molar-refractivity contribution in [2.75, 3.05) is 32.7 Å². The fraction of sp³-hybridized carbons (Fsp3) is 0.441. The van der Waals surface area contributed by atoms with Gasteiger partial charge in [0.05, 0.1) is 23.9 Å². The predicted octanol–water partition coefficient (Wildman–Crippen LogP) is 6.24. The van der Waals surface area contributed by atoms with E-state index in [0.29, 0.717) is 53.6 Å². The number of carbonyl (C=O) groups is 2. The molecule has 1 aliphatic heterocycles. The first-order valence-electron chi connectivity index (χ1n) is 15.9. The molecule has 0 bridgehead atoms. The summed E-state index contributed by atoms with van der Waals surface area (Å²) < 4.78 is 28.8. The van der Waals surface area contributed by atoms with E-state index in [2.05, 4.69) is 41.5 Å². The molecule has 1 saturated heterocycles. The van der Waals surface area contributed by atoms with Gasteiger partial charge in [0.15, 0.2) is 5.75 Å². The lowest BCUT2D eigenvalue weighted by Gasteiger charge is -2.42. The summed E-state index contributed by atoms with van der Waals surface area (Å²) in [5.74, 6) is -0.0686. The van der Waals surface area contributed by atoms with Gasteiger partial charge in [-0.15, -0.1) is 0 Å². The van der Waals surface area contributed by atoms with Gasteiger partial charge in [-0.3, -0.25) is 14.7 Å². The van der Waals surface area contributed by atoms with Gasteiger partial charge in [0.25, 0.3) is 8.32 Å². The van der Waals surface area contributed by atoms with Gasteiger partial charge in [-0.1, -0.05) is 53.7 Å². The maximum Gasteiger partial charge on any atom is 0.415 e. The van der Waals surface area contributed by atoms with Gasteiger partial charge in [0.2, 0.25) is 11.8 Å². The lowest BCUT2D eigenvalue weighted by molar-refractivity contribution is -0.119. The number of halogens is 1. The van der Waals surface area contributed by atoms with E-state index < -0.39 is 20.3 Å². The number of nitrogens with zero attached hydrogens (tertiary/aromatic N) is 4. The molecule has 2 aromatic heterocycles. The van der Waals surface area contributed by atoms with Crippen LogP contribution in [0.4, 0.5) is 9.18 Å². The molecule has 1 fully saturated rings. The summed E-state index contributed by atoms with van der Waals surface area (Å²) in [5.41, 5.74) is 7.37. The van der Waals surface area contributed by atoms with Crippen molar-refractivity contribution in [2.24, 2.45) is 5.73 Å². The average molecular weight is 650 g/mol. The van der Waals surface area contributed by atoms with Gasteiger partial charge in [-0.25, -0.2) is 9.18 Å². The summed E-state index contributed by atoms with van der Waals surface area (Å²) in [6, 6.07) is 9.73. The third kappa shape index (κ3) is 6.28. The van der Waals surface area contributed by atoms with E-state index in [-0.39, 0.29) is 47.2 Å². The average Bonchev–Trinajstić information content (AvgIpc) is 3.32. The number of carbonyl (C=O) groups excluding carboxylic acids is 2. The minimum absolute atomic E-state index is 0.0570. The molecule has 46 heavy (non-hydrogen) atoms. The fourth-order valence-electron chi connectivity index (χ4n) is 7.08. The number of piperazine rings is 1. The number of hydrogen-bond donors (Lipinski definition) is 2. The van der Waals surface area contributed by atoms with Crippen molar-refractivity contribution in [1.82, 2.24) is 19.4 Å². The van der Waals surface area contributed by atoms with Crippen LogP contribution in [0.2, 0.25) is 16.6 Å². The van der Waals surface area contributed by atoms with Crippen molar-refractivity contribution in [3.05, 3.63) is 60.2 Å². The maximum absolute atomic E-state index is 13.7. The van der Waals surface area contributed by atoms with Gasteiger partial charge in [0, 0.05) is 44.0 Å². The molecule has 246 valence electrons. The third-order valence-corrected chi connectivity index (χ3v) is 15.2. The van der Waals surface area contributed by atoms with Crippen LogP contribution in [0.25, 0.3) is 21.7 Å². The van der Waals surface area contributed by atoms with Crippen LogP contribution >= 0.6 is 0 Å². The molecule has 0 atom stereocenters. The van der Waals surface area contributed by atoms with Crippen molar-refractivity contribution in [1.29, 1.82) is 0 Å². The molecular formula is C34H44FN5O5Si. The Morgan fingerprint density at radius 3 is 2.17 bits per heavy atom. The van der Waals surface area contributed by atoms with Crippen LogP contribution in [-0.2, 0) is 11.3 Å². The highest BCUT2D eigenvalue weighted by Gasteiger charge is 2.48. The van der Waals surface area contributed by atoms with Gasteiger partial charge in [0.1, 0.15) is 17.1 Å². The molecule has 0 unspecified atom stereocenters. The fourth-order valence-corrected chi connectivity index (χ4v) is 12.3. The molecule has 5 rings (SSSR count). The zero-order valence-corrected chi connectivity index (χ0v) is 28.4. The molecular weight excluding hydrogens is 605 g/mol. The van der Waals surface area contributed by atoms with Crippen LogP contribution < -0.4 is 14.9 Å². The van der Waals surface area contributed by atoms with Crippen LogP contribution in [0.15, 0.2) is 48.8 Å². The zero-order chi connectivity index (χ0) is 33.3. The van der Waals surface area contributed by atoms with E-state index in [1.807, 2.05) is 11.0 Å². The monoisotopic (exact) mass is 649 g/mol. The Morgan fingerprint density at radius 1 is 0.957 bits per heavy atom. The maximum atomic E-state index is 13.7. The van der Waals surface area contributed by atoms with Crippen LogP contribution in [-0.4, -0.2) is 77.5 Å². The number of amides is 2. The first kappa shape index (κ1) is 33.2. The summed E-state index contributed by atoms with van der Waals surface area (Å²) in [4.78, 5) is 33.2. The van der Waals surface area contributed by atoms with Gasteiger partial charge in [-0.05, 0) is 46.5 Å². The summed E-state index contributed by atoms with van der Waals surface area (Å²) >= 11 is 0. The molecule has 1 aliphatic rings. The molecule has 0 aliphatic carbocycles. The first-order chi connectivity index (χ1) is 21.8. The smallest absolute Gasteiger partial charge is 0.415 e. The third-order valence-electron chi connectivity index (χ3n) is 9.24. The SMILES string of the molecule is CC(C)[Si](Oc1c2ncccc2c(OC(=O)N2CCN(CC(N)=O)CC2)c2cn(Cc3ccc(F)cc3)c(O)c12)(C(C)C)C(C)C. The molecule has 0 spiro atoms. The number of ether oxygens (including phenoxy) is 1. The van der Waals surface area contributed by atoms with Crippen molar-refractivity contribution in [3.8, 4) is 17.4 Å². The Labute approximate surface area is 270 Å². The number of fused-ring (bicyclic) bond motifs is 2. The summed E-state index contributed by atoms with van der Waals surface area (Å²) in [6.45, 7) is 15.3. The zero-order valence-electron chi connectivity index (χ0n) is 27.4. The second-order valence-electron chi connectivity index (χ2n) is 13.1. The molecule has 3 N–H and O–H groups in total. The summed E-state index contributed by atoms with van der Waals surface area (Å²) in [5, 5.41) is 13.4. The number of pyridine rings is 1. The van der Waals surface area contributed by atoms with Crippen molar-refractivity contribution in [2.45, 2.75) is 64.7 Å². The molecule has 10 nitrogen and oxygen atoms in total. The topological polar surface area (TPSA) is 123 Å². The number of aromatic nitrogens is 2. The Hall–Kier alpha value is -4.16. The minimum Gasteiger partial charge on any atom is -0.541 e. The van der Waals surface area contributed by atoms with E-state index >= 15 is 0 Å². The summed E-state index contributed by atoms with van der Waals surface area (Å²) in [6.07, 6.45) is 2.88. The molecule has 4 aromatic rings. The van der Waals surface area contributed by atoms with Gasteiger partial charge in [-0.2, -0.15) is 0 Å². The number of hydrogen-bond acceptors (Lipinski definition) is 7. The van der Waals surface area contributed by atoms with Crippen LogP contribution in [0, 0.1) is 5.82 Å². The Kier molecular flexibility index (Phi) is 9.59. The van der Waals surface area contributed by atoms with Gasteiger partial charge >= 0.3 is 6.09 Å². The van der Waals surface area contributed by atoms with E-state index in [0.717, 1.165) is 5.56 Å². The lowest BCUT2D eigenvalue weighted by Crippen LogP contribution is -2.51. The van der Waals surface area contributed by atoms with Gasteiger partial charge < -0.3 is 29.5 Å². The Morgan fingerprint density at radius 2 is 1.59 bits per heavy atom. The summed E-state index contributed by atoms with van der Waals surface area (Å²) in [7, 11) is -2.55. The molecule has 2 amide bonds. The Balaban J connectivity index is 1.67. The second-order valence-corrected chi connectivity index (χ2v) is 18.4. The highest BCUT2D eigenvalue weighted by molar-refractivity contribution is 6.78. The van der Waals surface area contributed by atoms with Crippen LogP contribution in [0.1, 0.15) is 47.1 Å². The van der Waals surface area contributed by atoms with Crippen molar-refractivity contribution < 1.29 is 28.2 Å². The first-order valence-corrected chi connectivity index (χ1v) is 18.0. The van der Waals surface area contributed by atoms with E-state index in [9.17, 15) is 19.1 Å². The molecule has 12 heteroatoms. The highest BCUT2D eigenvalue weighted by atomic mass is 28.4. The number of primary amides is 1. The number of rotatable bonds is 10. The van der Waals surface area contributed by atoms with Crippen molar-refractivity contribution in [3.63, 3.8) is 0 Å². The van der Waals surface area contributed by atoms with E-state index in [4.69, 9.17) is 19.9 Å². The molecule has 3 heterocycles. The predicted molar refractivity (Wildman–Crippen MR) is 179 cm³/mol. The minimum atomic E-state index is -2.55. The second kappa shape index (κ2) is 13.3. The quantitative estimate of drug-likeness (QED) is 0.195. The normalized spacial score (nSPS) is 14.6. The lowest BCUT2D eigenvalue weighted by atomic mass is 10.1. The standard InChI is InChI=1S/C34H44FN5O5Si/c1-21(2)46(22(3)4,23(5)6)45-32-29-27(19-40(33(29)42)18-24-9-11-25(35)12-10-24)31(26-8-7-13-37-30(26)32)44-34(43)39-16-14-38(15-17-39)20-28(36)41/h7-13,19,21-23,42H,14-18,20H2,1-6H3,(H2,36,41). The molecule has 2 aromatic carbocycles. The van der Waals surface area contributed by atoms with Crippen LogP contribution in [0.3, 0.4) is 0 Å². The Bertz CT molecular complexity index is 1710. The van der Waals surface area contributed by atoms with E-state index in [1.54, 1.807) is 40.1 Å². The number of nitrogens with two attached hydrogens (primary N) is 1.